The van der Waals surface area contributed by atoms with E-state index < -0.39 is 11.6 Å². The number of benzene rings is 1. The molecule has 2 aromatic rings. The molecule has 2 rings (SSSR count). The first-order chi connectivity index (χ1) is 9.64. The van der Waals surface area contributed by atoms with E-state index in [1.807, 2.05) is 49.5 Å². The monoisotopic (exact) mass is 275 g/mol. The normalized spacial score (nSPS) is 15.8. The number of aliphatic hydroxyl groups is 2. The van der Waals surface area contributed by atoms with Gasteiger partial charge in [0, 0.05) is 18.9 Å². The van der Waals surface area contributed by atoms with Crippen LogP contribution in [0.5, 0.6) is 0 Å². The Bertz CT molecular complexity index is 501. The molecule has 1 aromatic heterocycles. The van der Waals surface area contributed by atoms with E-state index >= 15 is 0 Å². The molecular formula is C15H21N3O2. The molecule has 5 heteroatoms. The second-order valence-corrected chi connectivity index (χ2v) is 5.12. The minimum absolute atomic E-state index is 0.0362. The Morgan fingerprint density at radius 3 is 2.65 bits per heavy atom. The fourth-order valence-corrected chi connectivity index (χ4v) is 2.09. The Kier molecular flexibility index (Phi) is 4.89. The fourth-order valence-electron chi connectivity index (χ4n) is 2.09. The van der Waals surface area contributed by atoms with Gasteiger partial charge in [-0.2, -0.15) is 5.10 Å². The summed E-state index contributed by atoms with van der Waals surface area (Å²) in [6.07, 6.45) is 2.93. The van der Waals surface area contributed by atoms with Gasteiger partial charge in [0.2, 0.25) is 0 Å². The van der Waals surface area contributed by atoms with Crippen molar-refractivity contribution in [3.63, 3.8) is 0 Å². The number of hydrogen-bond acceptors (Lipinski definition) is 4. The van der Waals surface area contributed by atoms with Gasteiger partial charge in [0.05, 0.1) is 24.8 Å². The summed E-state index contributed by atoms with van der Waals surface area (Å²) in [7, 11) is 0. The van der Waals surface area contributed by atoms with Gasteiger partial charge in [-0.25, -0.2) is 0 Å². The van der Waals surface area contributed by atoms with Crippen molar-refractivity contribution >= 4 is 0 Å². The van der Waals surface area contributed by atoms with Crippen molar-refractivity contribution < 1.29 is 10.2 Å². The van der Waals surface area contributed by atoms with Gasteiger partial charge in [0.25, 0.3) is 0 Å². The lowest BCUT2D eigenvalue weighted by molar-refractivity contribution is 0.113. The predicted octanol–water partition coefficient (Wildman–Crippen LogP) is 0.741. The van der Waals surface area contributed by atoms with Crippen LogP contribution in [0.2, 0.25) is 0 Å². The highest BCUT2D eigenvalue weighted by Crippen LogP contribution is 2.19. The largest absolute Gasteiger partial charge is 0.394 e. The quantitative estimate of drug-likeness (QED) is 0.697. The first-order valence-corrected chi connectivity index (χ1v) is 6.71. The van der Waals surface area contributed by atoms with Gasteiger partial charge in [-0.15, -0.1) is 0 Å². The van der Waals surface area contributed by atoms with Crippen molar-refractivity contribution in [1.29, 1.82) is 0 Å². The number of aromatic nitrogens is 2. The van der Waals surface area contributed by atoms with Gasteiger partial charge in [-0.1, -0.05) is 30.3 Å². The molecule has 0 radical (unpaired) electrons. The molecule has 20 heavy (non-hydrogen) atoms. The minimum atomic E-state index is -0.565. The maximum absolute atomic E-state index is 10.0. The number of aliphatic hydroxyl groups excluding tert-OH is 2. The Balaban J connectivity index is 1.93. The average Bonchev–Trinajstić information content (AvgIpc) is 2.98. The second kappa shape index (κ2) is 6.65. The maximum Gasteiger partial charge on any atom is 0.0860 e. The highest BCUT2D eigenvalue weighted by Gasteiger charge is 2.25. The zero-order valence-electron chi connectivity index (χ0n) is 11.6. The Hall–Kier alpha value is -1.69. The van der Waals surface area contributed by atoms with Crippen LogP contribution >= 0.6 is 0 Å². The van der Waals surface area contributed by atoms with Crippen molar-refractivity contribution in [1.82, 2.24) is 15.1 Å². The molecule has 0 fully saturated rings. The van der Waals surface area contributed by atoms with Crippen LogP contribution in [0.3, 0.4) is 0 Å². The first kappa shape index (κ1) is 14.7. The number of rotatable bonds is 7. The van der Waals surface area contributed by atoms with Crippen LogP contribution in [0, 0.1) is 0 Å². The predicted molar refractivity (Wildman–Crippen MR) is 77.1 cm³/mol. The molecule has 5 nitrogen and oxygen atoms in total. The van der Waals surface area contributed by atoms with Crippen LogP contribution < -0.4 is 5.32 Å². The van der Waals surface area contributed by atoms with Crippen LogP contribution in [-0.4, -0.2) is 39.2 Å². The van der Waals surface area contributed by atoms with E-state index in [4.69, 9.17) is 0 Å². The van der Waals surface area contributed by atoms with Crippen molar-refractivity contribution in [3.8, 4) is 0 Å². The van der Waals surface area contributed by atoms with Gasteiger partial charge in [-0.05, 0) is 18.6 Å². The summed E-state index contributed by atoms with van der Waals surface area (Å²) in [4.78, 5) is 0. The molecule has 1 heterocycles. The topological polar surface area (TPSA) is 70.3 Å². The van der Waals surface area contributed by atoms with Crippen molar-refractivity contribution in [3.05, 3.63) is 54.4 Å². The molecule has 0 aliphatic carbocycles. The van der Waals surface area contributed by atoms with E-state index in [1.165, 1.54) is 0 Å². The van der Waals surface area contributed by atoms with Crippen molar-refractivity contribution in [2.24, 2.45) is 0 Å². The third-order valence-corrected chi connectivity index (χ3v) is 3.41. The summed E-state index contributed by atoms with van der Waals surface area (Å²) in [5, 5.41) is 27.0. The standard InChI is InChI=1S/C15H21N3O2/c1-15(12-19,13-6-3-2-4-7-13)16-10-14(20)11-18-9-5-8-17-18/h2-9,14,16,19-20H,10-12H2,1H3. The number of nitrogens with one attached hydrogen (secondary N) is 1. The van der Waals surface area contributed by atoms with Crippen LogP contribution in [-0.2, 0) is 12.1 Å². The van der Waals surface area contributed by atoms with Gasteiger partial charge in [-0.3, -0.25) is 4.68 Å². The first-order valence-electron chi connectivity index (χ1n) is 6.71. The summed E-state index contributed by atoms with van der Waals surface area (Å²) >= 11 is 0. The van der Waals surface area contributed by atoms with Crippen LogP contribution in [0.4, 0.5) is 0 Å². The second-order valence-electron chi connectivity index (χ2n) is 5.12. The highest BCUT2D eigenvalue weighted by atomic mass is 16.3. The van der Waals surface area contributed by atoms with Crippen molar-refractivity contribution in [2.45, 2.75) is 25.1 Å². The molecule has 1 aromatic carbocycles. The molecule has 0 saturated heterocycles. The van der Waals surface area contributed by atoms with E-state index in [2.05, 4.69) is 10.4 Å². The summed E-state index contributed by atoms with van der Waals surface area (Å²) in [6.45, 7) is 2.69. The molecule has 0 aliphatic rings. The third-order valence-electron chi connectivity index (χ3n) is 3.41. The van der Waals surface area contributed by atoms with Gasteiger partial charge < -0.3 is 15.5 Å². The molecule has 2 atom stereocenters. The zero-order valence-corrected chi connectivity index (χ0v) is 11.6. The van der Waals surface area contributed by atoms with Crippen LogP contribution in [0.1, 0.15) is 12.5 Å². The van der Waals surface area contributed by atoms with E-state index in [0.717, 1.165) is 5.56 Å². The molecule has 3 N–H and O–H groups in total. The smallest absolute Gasteiger partial charge is 0.0860 e. The minimum Gasteiger partial charge on any atom is -0.394 e. The molecule has 0 bridgehead atoms. The van der Waals surface area contributed by atoms with Gasteiger partial charge in [0.1, 0.15) is 0 Å². The highest BCUT2D eigenvalue weighted by molar-refractivity contribution is 5.23. The van der Waals surface area contributed by atoms with E-state index in [1.54, 1.807) is 10.9 Å². The van der Waals surface area contributed by atoms with Crippen LogP contribution in [0.15, 0.2) is 48.8 Å². The van der Waals surface area contributed by atoms with E-state index in [0.29, 0.717) is 13.1 Å². The van der Waals surface area contributed by atoms with Gasteiger partial charge >= 0.3 is 0 Å². The Labute approximate surface area is 118 Å². The Morgan fingerprint density at radius 1 is 1.30 bits per heavy atom. The SMILES string of the molecule is CC(CO)(NCC(O)Cn1cccn1)c1ccccc1. The molecule has 0 amide bonds. The maximum atomic E-state index is 10.0. The van der Waals surface area contributed by atoms with E-state index in [9.17, 15) is 10.2 Å². The molecule has 0 spiro atoms. The molecule has 0 aliphatic heterocycles. The molecule has 0 saturated carbocycles. The lowest BCUT2D eigenvalue weighted by atomic mass is 9.93. The number of hydrogen-bond donors (Lipinski definition) is 3. The lowest BCUT2D eigenvalue weighted by Crippen LogP contribution is -2.46. The van der Waals surface area contributed by atoms with E-state index in [-0.39, 0.29) is 6.61 Å². The number of nitrogens with zero attached hydrogens (tertiary/aromatic N) is 2. The van der Waals surface area contributed by atoms with Crippen molar-refractivity contribution in [2.75, 3.05) is 13.2 Å². The zero-order chi connectivity index (χ0) is 14.4. The summed E-state index contributed by atoms with van der Waals surface area (Å²) in [5.41, 5.74) is 0.431. The third kappa shape index (κ3) is 3.66. The lowest BCUT2D eigenvalue weighted by Gasteiger charge is -2.30. The molecule has 2 unspecified atom stereocenters. The molecular weight excluding hydrogens is 254 g/mol. The fraction of sp³-hybridized carbons (Fsp3) is 0.400. The van der Waals surface area contributed by atoms with Gasteiger partial charge in [0.15, 0.2) is 0 Å². The Morgan fingerprint density at radius 2 is 2.05 bits per heavy atom. The summed E-state index contributed by atoms with van der Waals surface area (Å²) in [5.74, 6) is 0. The van der Waals surface area contributed by atoms with Crippen LogP contribution in [0.25, 0.3) is 0 Å². The molecule has 108 valence electrons. The summed E-state index contributed by atoms with van der Waals surface area (Å²) < 4.78 is 1.69. The summed E-state index contributed by atoms with van der Waals surface area (Å²) in [6, 6.07) is 11.6. The average molecular weight is 275 g/mol.